The lowest BCUT2D eigenvalue weighted by molar-refractivity contribution is 0.217. The van der Waals surface area contributed by atoms with E-state index in [0.717, 1.165) is 18.0 Å². The van der Waals surface area contributed by atoms with Gasteiger partial charge < -0.3 is 9.84 Å². The van der Waals surface area contributed by atoms with E-state index in [4.69, 9.17) is 4.52 Å². The highest BCUT2D eigenvalue weighted by Crippen LogP contribution is 2.23. The van der Waals surface area contributed by atoms with Crippen LogP contribution in [0.15, 0.2) is 34.9 Å². The third-order valence-electron chi connectivity index (χ3n) is 3.59. The summed E-state index contributed by atoms with van der Waals surface area (Å²) >= 11 is 0. The average Bonchev–Trinajstić information content (AvgIpc) is 2.92. The molecule has 0 bridgehead atoms. The minimum absolute atomic E-state index is 0.0338. The van der Waals surface area contributed by atoms with Gasteiger partial charge in [0.15, 0.2) is 5.76 Å². The molecule has 0 amide bonds. The van der Waals surface area contributed by atoms with Crippen molar-refractivity contribution < 1.29 is 8.91 Å². The Morgan fingerprint density at radius 1 is 1.38 bits per heavy atom. The second-order valence-electron chi connectivity index (χ2n) is 5.18. The summed E-state index contributed by atoms with van der Waals surface area (Å²) in [6.07, 6.45) is 0. The largest absolute Gasteiger partial charge is 0.360 e. The van der Waals surface area contributed by atoms with Gasteiger partial charge in [0.05, 0.1) is 12.2 Å². The molecule has 0 radical (unpaired) electrons. The molecule has 2 rings (SSSR count). The Kier molecular flexibility index (Phi) is 5.47. The van der Waals surface area contributed by atoms with Crippen LogP contribution in [0.1, 0.15) is 36.9 Å². The van der Waals surface area contributed by atoms with E-state index in [2.05, 4.69) is 10.5 Å². The van der Waals surface area contributed by atoms with E-state index in [1.807, 2.05) is 44.0 Å². The highest BCUT2D eigenvalue weighted by atomic mass is 19.1. The molecule has 1 aromatic heterocycles. The molecule has 1 N–H and O–H groups in total. The molecule has 2 aromatic rings. The Hall–Kier alpha value is -1.72. The van der Waals surface area contributed by atoms with Gasteiger partial charge in [-0.15, -0.1) is 0 Å². The fourth-order valence-electron chi connectivity index (χ4n) is 2.20. The van der Waals surface area contributed by atoms with E-state index < -0.39 is 0 Å². The van der Waals surface area contributed by atoms with Crippen LogP contribution in [-0.4, -0.2) is 23.6 Å². The van der Waals surface area contributed by atoms with Crippen molar-refractivity contribution in [3.8, 4) is 0 Å². The molecule has 1 heterocycles. The zero-order valence-corrected chi connectivity index (χ0v) is 12.8. The molecular weight excluding hydrogens is 269 g/mol. The van der Waals surface area contributed by atoms with Gasteiger partial charge in [-0.3, -0.25) is 4.90 Å². The second kappa shape index (κ2) is 7.33. The van der Waals surface area contributed by atoms with Gasteiger partial charge in [0, 0.05) is 24.2 Å². The minimum atomic E-state index is -0.178. The van der Waals surface area contributed by atoms with E-state index >= 15 is 0 Å². The predicted octanol–water partition coefficient (Wildman–Crippen LogP) is 3.12. The summed E-state index contributed by atoms with van der Waals surface area (Å²) in [5, 5.41) is 7.22. The van der Waals surface area contributed by atoms with Gasteiger partial charge >= 0.3 is 0 Å². The maximum absolute atomic E-state index is 13.8. The van der Waals surface area contributed by atoms with Crippen LogP contribution in [0.25, 0.3) is 0 Å². The number of benzene rings is 1. The lowest BCUT2D eigenvalue weighted by Gasteiger charge is -2.24. The topological polar surface area (TPSA) is 41.3 Å². The molecule has 1 aromatic carbocycles. The quantitative estimate of drug-likeness (QED) is 0.851. The first-order valence-electron chi connectivity index (χ1n) is 7.21. The Morgan fingerprint density at radius 3 is 2.86 bits per heavy atom. The van der Waals surface area contributed by atoms with E-state index in [-0.39, 0.29) is 11.9 Å². The fourth-order valence-corrected chi connectivity index (χ4v) is 2.20. The number of halogens is 1. The molecule has 1 atom stereocenters. The third kappa shape index (κ3) is 4.12. The van der Waals surface area contributed by atoms with Gasteiger partial charge in [-0.1, -0.05) is 30.3 Å². The first kappa shape index (κ1) is 15.7. The van der Waals surface area contributed by atoms with Gasteiger partial charge in [-0.2, -0.15) is 0 Å². The Balaban J connectivity index is 1.99. The fraction of sp³-hybridized carbons (Fsp3) is 0.438. The summed E-state index contributed by atoms with van der Waals surface area (Å²) in [5.41, 5.74) is 1.58. The molecule has 0 spiro atoms. The van der Waals surface area contributed by atoms with E-state index in [1.54, 1.807) is 6.07 Å². The minimum Gasteiger partial charge on any atom is -0.360 e. The van der Waals surface area contributed by atoms with E-state index in [0.29, 0.717) is 18.7 Å². The molecule has 114 valence electrons. The van der Waals surface area contributed by atoms with Crippen molar-refractivity contribution in [3.05, 3.63) is 53.2 Å². The summed E-state index contributed by atoms with van der Waals surface area (Å²) < 4.78 is 19.1. The molecule has 0 aliphatic heterocycles. The van der Waals surface area contributed by atoms with Crippen molar-refractivity contribution in [2.75, 3.05) is 13.6 Å². The molecule has 4 nitrogen and oxygen atoms in total. The third-order valence-corrected chi connectivity index (χ3v) is 3.59. The molecule has 21 heavy (non-hydrogen) atoms. The van der Waals surface area contributed by atoms with Crippen LogP contribution in [0.3, 0.4) is 0 Å². The monoisotopic (exact) mass is 291 g/mol. The normalized spacial score (nSPS) is 12.8. The van der Waals surface area contributed by atoms with Crippen LogP contribution in [0.4, 0.5) is 4.39 Å². The van der Waals surface area contributed by atoms with Crippen LogP contribution in [0.5, 0.6) is 0 Å². The zero-order chi connectivity index (χ0) is 15.2. The van der Waals surface area contributed by atoms with Crippen molar-refractivity contribution in [2.45, 2.75) is 33.0 Å². The lowest BCUT2D eigenvalue weighted by atomic mass is 10.1. The molecule has 0 aliphatic rings. The Labute approximate surface area is 124 Å². The summed E-state index contributed by atoms with van der Waals surface area (Å²) in [7, 11) is 1.95. The van der Waals surface area contributed by atoms with Gasteiger partial charge in [0.1, 0.15) is 5.82 Å². The number of nitrogens with zero attached hydrogens (tertiary/aromatic N) is 2. The first-order chi connectivity index (χ1) is 10.1. The summed E-state index contributed by atoms with van der Waals surface area (Å²) in [4.78, 5) is 2.04. The van der Waals surface area contributed by atoms with Crippen molar-refractivity contribution >= 4 is 0 Å². The second-order valence-corrected chi connectivity index (χ2v) is 5.18. The van der Waals surface area contributed by atoms with E-state index in [1.165, 1.54) is 6.07 Å². The first-order valence-corrected chi connectivity index (χ1v) is 7.21. The summed E-state index contributed by atoms with van der Waals surface area (Å²) in [6.45, 7) is 6.22. The van der Waals surface area contributed by atoms with Gasteiger partial charge in [0.25, 0.3) is 0 Å². The number of hydrogen-bond donors (Lipinski definition) is 1. The van der Waals surface area contributed by atoms with Crippen LogP contribution >= 0.6 is 0 Å². The number of aromatic nitrogens is 1. The van der Waals surface area contributed by atoms with Crippen LogP contribution in [0.2, 0.25) is 0 Å². The average molecular weight is 291 g/mol. The smallest absolute Gasteiger partial charge is 0.151 e. The maximum atomic E-state index is 13.8. The number of rotatable bonds is 7. The summed E-state index contributed by atoms with van der Waals surface area (Å²) in [5.74, 6) is 0.607. The Morgan fingerprint density at radius 2 is 2.14 bits per heavy atom. The van der Waals surface area contributed by atoms with Crippen molar-refractivity contribution in [1.29, 1.82) is 0 Å². The number of nitrogens with one attached hydrogen (secondary N) is 1. The highest BCUT2D eigenvalue weighted by molar-refractivity contribution is 5.20. The number of hydrogen-bond acceptors (Lipinski definition) is 4. The standard InChI is InChI=1S/C16H22FN3O/c1-4-18-10-13-9-14(21-19-13)11-20(3)12(2)15-7-5-6-8-16(15)17/h5-9,12,18H,4,10-11H2,1-3H3. The van der Waals surface area contributed by atoms with Crippen LogP contribution in [-0.2, 0) is 13.1 Å². The molecule has 0 aliphatic carbocycles. The van der Waals surface area contributed by atoms with Gasteiger partial charge in [-0.05, 0) is 26.6 Å². The molecule has 5 heteroatoms. The Bertz CT molecular complexity index is 570. The SMILES string of the molecule is CCNCc1cc(CN(C)C(C)c2ccccc2F)on1. The lowest BCUT2D eigenvalue weighted by Crippen LogP contribution is -2.22. The van der Waals surface area contributed by atoms with Crippen molar-refractivity contribution in [3.63, 3.8) is 0 Å². The molecule has 0 saturated carbocycles. The van der Waals surface area contributed by atoms with Gasteiger partial charge in [0.2, 0.25) is 0 Å². The van der Waals surface area contributed by atoms with Crippen LogP contribution < -0.4 is 5.32 Å². The maximum Gasteiger partial charge on any atom is 0.151 e. The highest BCUT2D eigenvalue weighted by Gasteiger charge is 2.17. The molecule has 1 unspecified atom stereocenters. The van der Waals surface area contributed by atoms with Gasteiger partial charge in [-0.25, -0.2) is 4.39 Å². The zero-order valence-electron chi connectivity index (χ0n) is 12.8. The molecular formula is C16H22FN3O. The van der Waals surface area contributed by atoms with E-state index in [9.17, 15) is 4.39 Å². The van der Waals surface area contributed by atoms with Crippen molar-refractivity contribution in [2.24, 2.45) is 0 Å². The van der Waals surface area contributed by atoms with Crippen LogP contribution in [0, 0.1) is 5.82 Å². The summed E-state index contributed by atoms with van der Waals surface area (Å²) in [6, 6.07) is 8.76. The predicted molar refractivity (Wildman–Crippen MR) is 80.2 cm³/mol. The molecule has 0 saturated heterocycles. The molecule has 0 fully saturated rings. The van der Waals surface area contributed by atoms with Crippen molar-refractivity contribution in [1.82, 2.24) is 15.4 Å².